The van der Waals surface area contributed by atoms with Gasteiger partial charge >= 0.3 is 0 Å². The minimum Gasteiger partial charge on any atom is -0.392 e. The van der Waals surface area contributed by atoms with Crippen molar-refractivity contribution in [1.82, 2.24) is 5.32 Å². The third-order valence-electron chi connectivity index (χ3n) is 3.82. The van der Waals surface area contributed by atoms with Crippen LogP contribution in [-0.4, -0.2) is 29.7 Å². The van der Waals surface area contributed by atoms with Crippen molar-refractivity contribution in [1.29, 1.82) is 0 Å². The number of hydrogen-bond acceptors (Lipinski definition) is 3. The average Bonchev–Trinajstić information content (AvgIpc) is 2.25. The minimum absolute atomic E-state index is 0.0112. The largest absolute Gasteiger partial charge is 0.392 e. The van der Waals surface area contributed by atoms with Crippen molar-refractivity contribution in [2.24, 2.45) is 17.1 Å². The van der Waals surface area contributed by atoms with Crippen LogP contribution in [0.25, 0.3) is 0 Å². The Morgan fingerprint density at radius 1 is 1.62 bits per heavy atom. The van der Waals surface area contributed by atoms with Gasteiger partial charge in [-0.05, 0) is 25.8 Å². The highest BCUT2D eigenvalue weighted by molar-refractivity contribution is 5.78. The molecular weight excluding hydrogens is 204 g/mol. The van der Waals surface area contributed by atoms with E-state index in [0.717, 1.165) is 12.8 Å². The molecule has 1 rings (SSSR count). The van der Waals surface area contributed by atoms with Gasteiger partial charge in [0, 0.05) is 17.4 Å². The highest BCUT2D eigenvalue weighted by Crippen LogP contribution is 2.40. The van der Waals surface area contributed by atoms with Crippen molar-refractivity contribution in [3.05, 3.63) is 0 Å². The fourth-order valence-electron chi connectivity index (χ4n) is 2.02. The lowest BCUT2D eigenvalue weighted by Crippen LogP contribution is -2.61. The summed E-state index contributed by atoms with van der Waals surface area (Å²) in [6, 6.07) is 0.107. The summed E-state index contributed by atoms with van der Waals surface area (Å²) in [6.07, 6.45) is 2.09. The third-order valence-corrected chi connectivity index (χ3v) is 3.82. The Kier molecular flexibility index (Phi) is 4.33. The summed E-state index contributed by atoms with van der Waals surface area (Å²) in [5.41, 5.74) is 5.22. The van der Waals surface area contributed by atoms with E-state index in [1.54, 1.807) is 0 Å². The first-order chi connectivity index (χ1) is 7.39. The molecule has 1 fully saturated rings. The summed E-state index contributed by atoms with van der Waals surface area (Å²) in [5, 5.41) is 12.6. The molecule has 4 heteroatoms. The molecule has 94 valence electrons. The number of amides is 1. The Balaban J connectivity index is 2.35. The number of carbonyl (C=O) groups is 1. The van der Waals surface area contributed by atoms with Gasteiger partial charge in [-0.15, -0.1) is 0 Å². The fraction of sp³-hybridized carbons (Fsp3) is 0.917. The Morgan fingerprint density at radius 3 is 2.69 bits per heavy atom. The number of rotatable bonds is 5. The van der Waals surface area contributed by atoms with E-state index in [1.165, 1.54) is 0 Å². The average molecular weight is 228 g/mol. The van der Waals surface area contributed by atoms with Crippen molar-refractivity contribution in [3.8, 4) is 0 Å². The van der Waals surface area contributed by atoms with Gasteiger partial charge in [0.05, 0.1) is 6.10 Å². The molecule has 0 saturated heterocycles. The van der Waals surface area contributed by atoms with Crippen LogP contribution in [0.4, 0.5) is 0 Å². The molecule has 0 spiro atoms. The lowest BCUT2D eigenvalue weighted by atomic mass is 9.64. The molecule has 0 aliphatic heterocycles. The number of aliphatic hydroxyl groups excluding tert-OH is 1. The van der Waals surface area contributed by atoms with Crippen LogP contribution < -0.4 is 11.1 Å². The maximum atomic E-state index is 11.8. The summed E-state index contributed by atoms with van der Waals surface area (Å²) in [6.45, 7) is 6.52. The maximum Gasteiger partial charge on any atom is 0.223 e. The van der Waals surface area contributed by atoms with Gasteiger partial charge in [-0.2, -0.15) is 0 Å². The van der Waals surface area contributed by atoms with E-state index in [9.17, 15) is 9.90 Å². The molecule has 1 aliphatic rings. The SMILES string of the molecule is CC(CCCN)C(=O)NC1CC(O)C1(C)C. The monoisotopic (exact) mass is 228 g/mol. The van der Waals surface area contributed by atoms with Crippen LogP contribution in [0.1, 0.15) is 40.0 Å². The van der Waals surface area contributed by atoms with Crippen LogP contribution in [0.2, 0.25) is 0 Å². The van der Waals surface area contributed by atoms with Crippen LogP contribution in [-0.2, 0) is 4.79 Å². The van der Waals surface area contributed by atoms with Crippen molar-refractivity contribution < 1.29 is 9.90 Å². The predicted molar refractivity (Wildman–Crippen MR) is 63.8 cm³/mol. The van der Waals surface area contributed by atoms with E-state index in [1.807, 2.05) is 20.8 Å². The first-order valence-electron chi connectivity index (χ1n) is 6.08. The molecule has 0 aromatic rings. The Bertz CT molecular complexity index is 253. The van der Waals surface area contributed by atoms with Crippen LogP contribution >= 0.6 is 0 Å². The third kappa shape index (κ3) is 2.74. The molecule has 1 aliphatic carbocycles. The van der Waals surface area contributed by atoms with Crippen molar-refractivity contribution >= 4 is 5.91 Å². The van der Waals surface area contributed by atoms with Crippen LogP contribution in [0, 0.1) is 11.3 Å². The lowest BCUT2D eigenvalue weighted by molar-refractivity contribution is -0.132. The second-order valence-corrected chi connectivity index (χ2v) is 5.47. The van der Waals surface area contributed by atoms with E-state index in [4.69, 9.17) is 5.73 Å². The topological polar surface area (TPSA) is 75.4 Å². The number of nitrogens with one attached hydrogen (secondary N) is 1. The molecule has 1 amide bonds. The maximum absolute atomic E-state index is 11.8. The molecule has 0 aromatic heterocycles. The highest BCUT2D eigenvalue weighted by atomic mass is 16.3. The summed E-state index contributed by atoms with van der Waals surface area (Å²) in [4.78, 5) is 11.8. The second-order valence-electron chi connectivity index (χ2n) is 5.47. The van der Waals surface area contributed by atoms with Gasteiger partial charge in [0.15, 0.2) is 0 Å². The van der Waals surface area contributed by atoms with E-state index in [-0.39, 0.29) is 29.4 Å². The molecule has 3 unspecified atom stereocenters. The molecule has 0 aromatic carbocycles. The van der Waals surface area contributed by atoms with Gasteiger partial charge in [0.1, 0.15) is 0 Å². The van der Waals surface area contributed by atoms with E-state index in [2.05, 4.69) is 5.32 Å². The normalized spacial score (nSPS) is 29.3. The predicted octanol–water partition coefficient (Wildman–Crippen LogP) is 0.637. The standard InChI is InChI=1S/C12H24N2O2/c1-8(5-4-6-13)11(16)14-9-7-10(15)12(9,2)3/h8-10,15H,4-7,13H2,1-3H3,(H,14,16). The summed E-state index contributed by atoms with van der Waals surface area (Å²) < 4.78 is 0. The van der Waals surface area contributed by atoms with Crippen LogP contribution in [0.15, 0.2) is 0 Å². The number of nitrogens with two attached hydrogens (primary N) is 1. The van der Waals surface area contributed by atoms with Crippen LogP contribution in [0.3, 0.4) is 0 Å². The summed E-state index contributed by atoms with van der Waals surface area (Å²) >= 11 is 0. The van der Waals surface area contributed by atoms with E-state index in [0.29, 0.717) is 13.0 Å². The van der Waals surface area contributed by atoms with Crippen LogP contribution in [0.5, 0.6) is 0 Å². The molecular formula is C12H24N2O2. The van der Waals surface area contributed by atoms with Crippen molar-refractivity contribution in [2.75, 3.05) is 6.54 Å². The Labute approximate surface area is 97.6 Å². The first kappa shape index (κ1) is 13.5. The van der Waals surface area contributed by atoms with Crippen molar-refractivity contribution in [2.45, 2.75) is 52.2 Å². The highest BCUT2D eigenvalue weighted by Gasteiger charge is 2.48. The quantitative estimate of drug-likeness (QED) is 0.646. The molecule has 16 heavy (non-hydrogen) atoms. The van der Waals surface area contributed by atoms with Gasteiger partial charge in [-0.3, -0.25) is 4.79 Å². The minimum atomic E-state index is -0.294. The number of aliphatic hydroxyl groups is 1. The molecule has 3 atom stereocenters. The number of carbonyl (C=O) groups excluding carboxylic acids is 1. The van der Waals surface area contributed by atoms with Gasteiger partial charge in [0.25, 0.3) is 0 Å². The zero-order chi connectivity index (χ0) is 12.3. The summed E-state index contributed by atoms with van der Waals surface area (Å²) in [5.74, 6) is 0.0931. The second kappa shape index (κ2) is 5.15. The molecule has 4 nitrogen and oxygen atoms in total. The van der Waals surface area contributed by atoms with Gasteiger partial charge in [-0.25, -0.2) is 0 Å². The van der Waals surface area contributed by atoms with E-state index >= 15 is 0 Å². The molecule has 0 radical (unpaired) electrons. The first-order valence-corrected chi connectivity index (χ1v) is 6.08. The van der Waals surface area contributed by atoms with Gasteiger partial charge in [0.2, 0.25) is 5.91 Å². The fourth-order valence-corrected chi connectivity index (χ4v) is 2.02. The van der Waals surface area contributed by atoms with Gasteiger partial charge in [-0.1, -0.05) is 20.8 Å². The van der Waals surface area contributed by atoms with Gasteiger partial charge < -0.3 is 16.2 Å². The smallest absolute Gasteiger partial charge is 0.223 e. The Hall–Kier alpha value is -0.610. The molecule has 4 N–H and O–H groups in total. The summed E-state index contributed by atoms with van der Waals surface area (Å²) in [7, 11) is 0. The Morgan fingerprint density at radius 2 is 2.25 bits per heavy atom. The zero-order valence-electron chi connectivity index (χ0n) is 10.5. The number of hydrogen-bond donors (Lipinski definition) is 3. The molecule has 1 saturated carbocycles. The lowest BCUT2D eigenvalue weighted by Gasteiger charge is -2.49. The van der Waals surface area contributed by atoms with E-state index < -0.39 is 0 Å². The zero-order valence-corrected chi connectivity index (χ0v) is 10.5. The molecule has 0 bridgehead atoms. The molecule has 0 heterocycles. The van der Waals surface area contributed by atoms with Crippen molar-refractivity contribution in [3.63, 3.8) is 0 Å².